The molecule has 0 spiro atoms. The second kappa shape index (κ2) is 9.13. The molecule has 0 fully saturated rings. The molecule has 0 heterocycles. The fourth-order valence-corrected chi connectivity index (χ4v) is 7.83. The first-order valence-corrected chi connectivity index (χ1v) is 13.8. The summed E-state index contributed by atoms with van der Waals surface area (Å²) >= 11 is 0. The van der Waals surface area contributed by atoms with Crippen LogP contribution in [0.2, 0.25) is 0 Å². The number of aliphatic hydroxyl groups is 3. The van der Waals surface area contributed by atoms with Gasteiger partial charge in [0.15, 0.2) is 17.2 Å². The summed E-state index contributed by atoms with van der Waals surface area (Å²) in [6.07, 6.45) is 0.548. The highest BCUT2D eigenvalue weighted by molar-refractivity contribution is 6.25. The predicted octanol–water partition coefficient (Wildman–Crippen LogP) is 4.89. The minimum absolute atomic E-state index is 0.00986. The highest BCUT2D eigenvalue weighted by atomic mass is 16.3. The smallest absolute Gasteiger partial charge is 0.209 e. The molecule has 0 amide bonds. The monoisotopic (exact) mass is 552 g/mol. The molecule has 1 aromatic rings. The van der Waals surface area contributed by atoms with Crippen LogP contribution in [0.15, 0.2) is 34.8 Å². The molecule has 40 heavy (non-hydrogen) atoms. The van der Waals surface area contributed by atoms with Crippen LogP contribution in [0, 0.1) is 28.1 Å². The minimum Gasteiger partial charge on any atom is -0.511 e. The van der Waals surface area contributed by atoms with Gasteiger partial charge in [-0.25, -0.2) is 0 Å². The van der Waals surface area contributed by atoms with Crippen molar-refractivity contribution in [1.82, 2.24) is 0 Å². The van der Waals surface area contributed by atoms with Gasteiger partial charge in [0.1, 0.15) is 28.6 Å². The molecule has 8 heteroatoms. The molecule has 0 aliphatic heterocycles. The zero-order valence-electron chi connectivity index (χ0n) is 24.6. The van der Waals surface area contributed by atoms with E-state index in [1.807, 2.05) is 20.8 Å². The van der Waals surface area contributed by atoms with Crippen LogP contribution in [-0.4, -0.2) is 49.2 Å². The van der Waals surface area contributed by atoms with Crippen LogP contribution in [0.1, 0.15) is 89.7 Å². The van der Waals surface area contributed by atoms with Gasteiger partial charge in [-0.1, -0.05) is 54.5 Å². The van der Waals surface area contributed by atoms with Gasteiger partial charge >= 0.3 is 0 Å². The van der Waals surface area contributed by atoms with Crippen molar-refractivity contribution >= 4 is 23.1 Å². The zero-order valence-corrected chi connectivity index (χ0v) is 24.6. The van der Waals surface area contributed by atoms with E-state index < -0.39 is 56.8 Å². The Morgan fingerprint density at radius 3 is 2.20 bits per heavy atom. The number of hydrogen-bond acceptors (Lipinski definition) is 8. The van der Waals surface area contributed by atoms with E-state index in [-0.39, 0.29) is 53.3 Å². The molecule has 0 radical (unpaired) electrons. The summed E-state index contributed by atoms with van der Waals surface area (Å²) in [5.74, 6) is -5.49. The Bertz CT molecular complexity index is 1420. The first kappa shape index (κ1) is 29.7. The first-order chi connectivity index (χ1) is 18.2. The number of aliphatic hydroxyl groups excluding tert-OH is 2. The van der Waals surface area contributed by atoms with Crippen LogP contribution in [0.3, 0.4) is 0 Å². The molecule has 3 aliphatic carbocycles. The Balaban J connectivity index is 1.97. The molecule has 4 rings (SSSR count). The van der Waals surface area contributed by atoms with Crippen LogP contribution in [-0.2, 0) is 27.2 Å². The van der Waals surface area contributed by atoms with Gasteiger partial charge in [-0.15, -0.1) is 0 Å². The van der Waals surface area contributed by atoms with Gasteiger partial charge in [0.05, 0.1) is 5.56 Å². The van der Waals surface area contributed by atoms with E-state index in [4.69, 9.17) is 0 Å². The van der Waals surface area contributed by atoms with Crippen molar-refractivity contribution in [3.8, 4) is 5.75 Å². The third kappa shape index (κ3) is 4.06. The number of benzene rings is 1. The number of carbonyl (C=O) groups is 4. The number of Topliss-reactive ketones (excluding diaryl/α,β-unsaturated/α-hetero) is 4. The maximum atomic E-state index is 14.1. The van der Waals surface area contributed by atoms with Crippen molar-refractivity contribution in [3.05, 3.63) is 51.5 Å². The van der Waals surface area contributed by atoms with Crippen molar-refractivity contribution in [1.29, 1.82) is 0 Å². The molecule has 4 N–H and O–H groups in total. The molecule has 0 bridgehead atoms. The second-order valence-electron chi connectivity index (χ2n) is 14.0. The van der Waals surface area contributed by atoms with Crippen molar-refractivity contribution in [2.45, 2.75) is 86.7 Å². The molecular weight excluding hydrogens is 512 g/mol. The van der Waals surface area contributed by atoms with Gasteiger partial charge in [-0.2, -0.15) is 0 Å². The van der Waals surface area contributed by atoms with E-state index in [0.717, 1.165) is 6.92 Å². The maximum Gasteiger partial charge on any atom is 0.209 e. The highest BCUT2D eigenvalue weighted by Gasteiger charge is 2.71. The standard InChI is InChI=1S/C32H40O8/c1-15(2)23-25(36)21(16(3)33)27(38)32(40)28(39)24-26(37)22-19(13-30(24,7)14-31(23,32)8)17(9-10-20(22)35)11-18(34)12-29(4,5)6/h9-10,15,23,35-36,39-40H,11-14H2,1-8H3/t23?,30-,31-,32+/m1/s1. The molecule has 1 unspecified atom stereocenters. The van der Waals surface area contributed by atoms with Gasteiger partial charge in [-0.3, -0.25) is 19.2 Å². The third-order valence-electron chi connectivity index (χ3n) is 9.10. The third-order valence-corrected chi connectivity index (χ3v) is 9.10. The second-order valence-corrected chi connectivity index (χ2v) is 14.0. The first-order valence-electron chi connectivity index (χ1n) is 13.8. The lowest BCUT2D eigenvalue weighted by molar-refractivity contribution is -0.171. The summed E-state index contributed by atoms with van der Waals surface area (Å²) in [6, 6.07) is 2.98. The Labute approximate surface area is 234 Å². The summed E-state index contributed by atoms with van der Waals surface area (Å²) in [4.78, 5) is 53.2. The van der Waals surface area contributed by atoms with Gasteiger partial charge in [0.2, 0.25) is 5.78 Å². The number of fused-ring (bicyclic) bond motifs is 3. The summed E-state index contributed by atoms with van der Waals surface area (Å²) in [7, 11) is 0. The van der Waals surface area contributed by atoms with Crippen molar-refractivity contribution in [2.24, 2.45) is 28.1 Å². The summed E-state index contributed by atoms with van der Waals surface area (Å²) in [5.41, 5.74) is -5.24. The fraction of sp³-hybridized carbons (Fsp3) is 0.562. The normalized spacial score (nSPS) is 30.3. The molecule has 0 aromatic heterocycles. The van der Waals surface area contributed by atoms with E-state index in [0.29, 0.717) is 17.5 Å². The van der Waals surface area contributed by atoms with E-state index in [1.54, 1.807) is 33.8 Å². The van der Waals surface area contributed by atoms with Gasteiger partial charge < -0.3 is 20.4 Å². The van der Waals surface area contributed by atoms with Crippen LogP contribution in [0.4, 0.5) is 0 Å². The number of rotatable bonds is 5. The summed E-state index contributed by atoms with van der Waals surface area (Å²) in [6.45, 7) is 13.9. The number of allylic oxidation sites excluding steroid dienone is 2. The largest absolute Gasteiger partial charge is 0.511 e. The van der Waals surface area contributed by atoms with Crippen molar-refractivity contribution in [3.63, 3.8) is 0 Å². The molecule has 3 aliphatic rings. The number of hydrogen-bond donors (Lipinski definition) is 4. The fourth-order valence-electron chi connectivity index (χ4n) is 7.83. The molecule has 4 atom stereocenters. The molecule has 1 aromatic carbocycles. The average molecular weight is 553 g/mol. The highest BCUT2D eigenvalue weighted by Crippen LogP contribution is 2.65. The van der Waals surface area contributed by atoms with Gasteiger partial charge in [0, 0.05) is 35.2 Å². The van der Waals surface area contributed by atoms with Gasteiger partial charge in [0.25, 0.3) is 0 Å². The number of phenolic OH excluding ortho intramolecular Hbond substituents is 1. The van der Waals surface area contributed by atoms with Crippen LogP contribution < -0.4 is 0 Å². The average Bonchev–Trinajstić information content (AvgIpc) is 2.76. The predicted molar refractivity (Wildman–Crippen MR) is 148 cm³/mol. The summed E-state index contributed by atoms with van der Waals surface area (Å²) in [5, 5.41) is 45.8. The quantitative estimate of drug-likeness (QED) is 0.377. The van der Waals surface area contributed by atoms with Crippen LogP contribution in [0.5, 0.6) is 5.75 Å². The molecule has 0 saturated carbocycles. The van der Waals surface area contributed by atoms with Crippen molar-refractivity contribution in [2.75, 3.05) is 0 Å². The van der Waals surface area contributed by atoms with E-state index >= 15 is 0 Å². The zero-order chi connectivity index (χ0) is 30.3. The van der Waals surface area contributed by atoms with E-state index in [2.05, 4.69) is 0 Å². The molecule has 216 valence electrons. The SMILES string of the molecule is CC(=O)C1=C(O)C(C(C)C)[C@@]2(C)C[C@@]3(C)Cc4c(CC(=O)CC(C)(C)C)ccc(O)c4C(=O)C3=C(O)[C@@]2(O)C1=O. The van der Waals surface area contributed by atoms with Crippen LogP contribution in [0.25, 0.3) is 0 Å². The number of phenols is 1. The maximum absolute atomic E-state index is 14.1. The van der Waals surface area contributed by atoms with E-state index in [9.17, 15) is 39.6 Å². The molecule has 8 nitrogen and oxygen atoms in total. The number of ketones is 4. The topological polar surface area (TPSA) is 149 Å². The lowest BCUT2D eigenvalue weighted by Gasteiger charge is -2.59. The Hall–Kier alpha value is -3.26. The number of aromatic hydroxyl groups is 1. The van der Waals surface area contributed by atoms with Gasteiger partial charge in [-0.05, 0) is 48.3 Å². The van der Waals surface area contributed by atoms with E-state index in [1.165, 1.54) is 6.07 Å². The number of carbonyl (C=O) groups excluding carboxylic acids is 4. The lowest BCUT2D eigenvalue weighted by Crippen LogP contribution is -2.67. The van der Waals surface area contributed by atoms with Crippen LogP contribution >= 0.6 is 0 Å². The Kier molecular flexibility index (Phi) is 6.78. The Morgan fingerprint density at radius 1 is 1.07 bits per heavy atom. The molecular formula is C32H40O8. The minimum atomic E-state index is -2.65. The Morgan fingerprint density at radius 2 is 1.68 bits per heavy atom. The lowest BCUT2D eigenvalue weighted by atomic mass is 9.44. The summed E-state index contributed by atoms with van der Waals surface area (Å²) < 4.78 is 0. The molecule has 0 saturated heterocycles. The van der Waals surface area contributed by atoms with Crippen molar-refractivity contribution < 1.29 is 39.6 Å².